The van der Waals surface area contributed by atoms with E-state index in [0.717, 1.165) is 55.4 Å². The molecule has 2 atom stereocenters. The van der Waals surface area contributed by atoms with Crippen LogP contribution in [0.5, 0.6) is 0 Å². The Morgan fingerprint density at radius 1 is 1.21 bits per heavy atom. The molecule has 9 heteroatoms. The monoisotopic (exact) mass is 526 g/mol. The minimum absolute atomic E-state index is 0.0195. The number of para-hydroxylation sites is 1. The fourth-order valence-electron chi connectivity index (χ4n) is 5.38. The average Bonchev–Trinajstić information content (AvgIpc) is 3.27. The zero-order chi connectivity index (χ0) is 27.2. The SMILES string of the molecule is C=Cc1ccccc1N1CCCN(C(=O)CNc2c(C3C=CCC(N(C)N)C=C3)nc3n2C=CN=CC3)CC1. The molecule has 1 aliphatic carbocycles. The Bertz CT molecular complexity index is 1300. The summed E-state index contributed by atoms with van der Waals surface area (Å²) in [5.41, 5.74) is 3.19. The van der Waals surface area contributed by atoms with Crippen LogP contribution >= 0.6 is 0 Å². The Hall–Kier alpha value is -3.95. The lowest BCUT2D eigenvalue weighted by Gasteiger charge is -2.25. The van der Waals surface area contributed by atoms with Gasteiger partial charge in [-0.05, 0) is 24.5 Å². The lowest BCUT2D eigenvalue weighted by atomic mass is 10.0. The number of aliphatic imine (C=N–C) groups is 1. The van der Waals surface area contributed by atoms with Gasteiger partial charge >= 0.3 is 0 Å². The number of likely N-dealkylation sites (N-methyl/N-ethyl adjacent to an activating group) is 1. The fourth-order valence-corrected chi connectivity index (χ4v) is 5.38. The van der Waals surface area contributed by atoms with Gasteiger partial charge in [0, 0.05) is 75.9 Å². The van der Waals surface area contributed by atoms with Gasteiger partial charge in [-0.2, -0.15) is 0 Å². The Morgan fingerprint density at radius 3 is 2.92 bits per heavy atom. The molecule has 2 aliphatic heterocycles. The van der Waals surface area contributed by atoms with Gasteiger partial charge in [0.2, 0.25) is 5.91 Å². The second-order valence-corrected chi connectivity index (χ2v) is 10.1. The minimum atomic E-state index is -0.0195. The zero-order valence-corrected chi connectivity index (χ0v) is 22.6. The van der Waals surface area contributed by atoms with Crippen molar-refractivity contribution in [3.05, 3.63) is 78.4 Å². The van der Waals surface area contributed by atoms with Gasteiger partial charge < -0.3 is 15.1 Å². The van der Waals surface area contributed by atoms with Crippen molar-refractivity contribution in [2.45, 2.75) is 31.2 Å². The Kier molecular flexibility index (Phi) is 8.39. The van der Waals surface area contributed by atoms with E-state index < -0.39 is 0 Å². The summed E-state index contributed by atoms with van der Waals surface area (Å²) in [6, 6.07) is 8.43. The third kappa shape index (κ3) is 6.05. The van der Waals surface area contributed by atoms with Crippen molar-refractivity contribution in [2.75, 3.05) is 50.0 Å². The largest absolute Gasteiger partial charge is 0.369 e. The van der Waals surface area contributed by atoms with Crippen LogP contribution in [0, 0.1) is 0 Å². The number of allylic oxidation sites excluding steroid dienone is 2. The van der Waals surface area contributed by atoms with E-state index in [1.807, 2.05) is 41.1 Å². The number of fused-ring (bicyclic) bond motifs is 1. The maximum absolute atomic E-state index is 13.4. The number of benzene rings is 1. The molecule has 2 aromatic rings. The second kappa shape index (κ2) is 12.3. The van der Waals surface area contributed by atoms with E-state index in [2.05, 4.69) is 64.3 Å². The van der Waals surface area contributed by atoms with Crippen LogP contribution < -0.4 is 16.1 Å². The molecule has 3 N–H and O–H groups in total. The molecule has 0 saturated carbocycles. The van der Waals surface area contributed by atoms with E-state index >= 15 is 0 Å². The molecule has 2 unspecified atom stereocenters. The summed E-state index contributed by atoms with van der Waals surface area (Å²) in [5.74, 6) is 7.79. The first-order chi connectivity index (χ1) is 19.0. The maximum atomic E-state index is 13.4. The molecule has 5 rings (SSSR count). The van der Waals surface area contributed by atoms with E-state index in [9.17, 15) is 4.79 Å². The molecule has 1 aromatic heterocycles. The summed E-state index contributed by atoms with van der Waals surface area (Å²) in [6.07, 6.45) is 18.4. The number of carbonyl (C=O) groups excluding carboxylic acids is 1. The molecule has 0 spiro atoms. The molecule has 0 radical (unpaired) electrons. The van der Waals surface area contributed by atoms with Gasteiger partial charge in [0.05, 0.1) is 12.2 Å². The topological polar surface area (TPSA) is 95.0 Å². The predicted octanol–water partition coefficient (Wildman–Crippen LogP) is 3.51. The summed E-state index contributed by atoms with van der Waals surface area (Å²) in [6.45, 7) is 7.27. The number of amides is 1. The highest BCUT2D eigenvalue weighted by Gasteiger charge is 2.25. The Balaban J connectivity index is 1.31. The smallest absolute Gasteiger partial charge is 0.241 e. The highest BCUT2D eigenvalue weighted by atomic mass is 16.2. The number of aromatic nitrogens is 2. The number of hydrazine groups is 1. The average molecular weight is 527 g/mol. The van der Waals surface area contributed by atoms with E-state index in [-0.39, 0.29) is 24.4 Å². The van der Waals surface area contributed by atoms with Crippen molar-refractivity contribution in [1.82, 2.24) is 19.5 Å². The van der Waals surface area contributed by atoms with E-state index in [1.54, 1.807) is 11.2 Å². The third-order valence-corrected chi connectivity index (χ3v) is 7.55. The normalized spacial score (nSPS) is 20.9. The van der Waals surface area contributed by atoms with Crippen molar-refractivity contribution < 1.29 is 4.79 Å². The van der Waals surface area contributed by atoms with E-state index in [4.69, 9.17) is 10.8 Å². The van der Waals surface area contributed by atoms with Gasteiger partial charge in [-0.25, -0.2) is 9.99 Å². The zero-order valence-electron chi connectivity index (χ0n) is 22.6. The number of hydrogen-bond donors (Lipinski definition) is 2. The lowest BCUT2D eigenvalue weighted by molar-refractivity contribution is -0.129. The van der Waals surface area contributed by atoms with Gasteiger partial charge in [-0.1, -0.05) is 55.2 Å². The minimum Gasteiger partial charge on any atom is -0.369 e. The molecule has 1 fully saturated rings. The molecule has 1 saturated heterocycles. The van der Waals surface area contributed by atoms with Crippen molar-refractivity contribution in [3.63, 3.8) is 0 Å². The molecule has 204 valence electrons. The maximum Gasteiger partial charge on any atom is 0.241 e. The van der Waals surface area contributed by atoms with Crippen LogP contribution in [0.1, 0.15) is 35.8 Å². The van der Waals surface area contributed by atoms with E-state index in [0.29, 0.717) is 13.0 Å². The van der Waals surface area contributed by atoms with Crippen molar-refractivity contribution >= 4 is 35.9 Å². The number of nitrogens with one attached hydrogen (secondary N) is 1. The number of imidazole rings is 1. The number of anilines is 2. The van der Waals surface area contributed by atoms with Crippen molar-refractivity contribution in [3.8, 4) is 0 Å². The van der Waals surface area contributed by atoms with Gasteiger partial charge in [0.1, 0.15) is 11.6 Å². The Labute approximate surface area is 230 Å². The summed E-state index contributed by atoms with van der Waals surface area (Å²) in [7, 11) is 1.88. The summed E-state index contributed by atoms with van der Waals surface area (Å²) >= 11 is 0. The van der Waals surface area contributed by atoms with Crippen LogP contribution in [-0.4, -0.2) is 77.4 Å². The van der Waals surface area contributed by atoms with Crippen LogP contribution in [0.2, 0.25) is 0 Å². The molecular formula is C30H38N8O. The number of nitrogens with two attached hydrogens (primary N) is 1. The highest BCUT2D eigenvalue weighted by Crippen LogP contribution is 2.31. The highest BCUT2D eigenvalue weighted by molar-refractivity contribution is 5.81. The molecule has 3 aliphatic rings. The number of hydrogen-bond acceptors (Lipinski definition) is 7. The number of nitrogens with zero attached hydrogens (tertiary/aromatic N) is 6. The van der Waals surface area contributed by atoms with Crippen LogP contribution in [-0.2, 0) is 11.2 Å². The second-order valence-electron chi connectivity index (χ2n) is 10.1. The first-order valence-electron chi connectivity index (χ1n) is 13.6. The standard InChI is InChI=1S/C30H38N8O/c1-3-23-8-4-5-11-26(23)36-17-7-18-37(21-20-36)28(39)22-33-30-29(34-27-14-15-32-16-19-38(27)30)24-9-6-10-25(13-12-24)35(2)31/h3-6,8-9,11-13,15-16,19,24-25,33H,1,7,10,14,17-18,20-22,31H2,2H3. The van der Waals surface area contributed by atoms with Gasteiger partial charge in [-0.3, -0.25) is 20.2 Å². The van der Waals surface area contributed by atoms with E-state index in [1.165, 1.54) is 5.69 Å². The number of rotatable bonds is 7. The van der Waals surface area contributed by atoms with Crippen LogP contribution in [0.3, 0.4) is 0 Å². The van der Waals surface area contributed by atoms with Gasteiger partial charge in [-0.15, -0.1) is 0 Å². The first kappa shape index (κ1) is 26.6. The predicted molar refractivity (Wildman–Crippen MR) is 160 cm³/mol. The molecule has 0 bridgehead atoms. The molecule has 1 amide bonds. The quantitative estimate of drug-likeness (QED) is 0.326. The number of carbonyl (C=O) groups is 1. The third-order valence-electron chi connectivity index (χ3n) is 7.55. The van der Waals surface area contributed by atoms with Gasteiger partial charge in [0.25, 0.3) is 0 Å². The molecule has 3 heterocycles. The lowest BCUT2D eigenvalue weighted by Crippen LogP contribution is -2.38. The van der Waals surface area contributed by atoms with Crippen LogP contribution in [0.15, 0.2) is 66.3 Å². The summed E-state index contributed by atoms with van der Waals surface area (Å²) < 4.78 is 2.02. The molecule has 9 nitrogen and oxygen atoms in total. The van der Waals surface area contributed by atoms with Crippen LogP contribution in [0.4, 0.5) is 11.5 Å². The first-order valence-corrected chi connectivity index (χ1v) is 13.6. The molecular weight excluding hydrogens is 488 g/mol. The fraction of sp³-hybridized carbons (Fsp3) is 0.367. The van der Waals surface area contributed by atoms with Crippen LogP contribution in [0.25, 0.3) is 12.3 Å². The van der Waals surface area contributed by atoms with Crippen molar-refractivity contribution in [1.29, 1.82) is 0 Å². The molecule has 1 aromatic carbocycles. The van der Waals surface area contributed by atoms with Crippen molar-refractivity contribution in [2.24, 2.45) is 10.8 Å². The summed E-state index contributed by atoms with van der Waals surface area (Å²) in [4.78, 5) is 27.0. The summed E-state index contributed by atoms with van der Waals surface area (Å²) in [5, 5.41) is 5.18. The molecule has 39 heavy (non-hydrogen) atoms. The van der Waals surface area contributed by atoms with Gasteiger partial charge in [0.15, 0.2) is 0 Å². The Morgan fingerprint density at radius 2 is 2.08 bits per heavy atom.